The number of aromatic nitrogens is 1. The van der Waals surface area contributed by atoms with Gasteiger partial charge in [0.1, 0.15) is 5.52 Å². The third-order valence-electron chi connectivity index (χ3n) is 3.53. The average molecular weight is 370 g/mol. The Morgan fingerprint density at radius 1 is 1.24 bits per heavy atom. The van der Waals surface area contributed by atoms with E-state index in [0.29, 0.717) is 26.6 Å². The number of amides is 1. The fraction of sp³-hybridized carbons (Fsp3) is 0.0556. The molecule has 2 aromatic carbocycles. The molecule has 7 heteroatoms. The molecule has 3 aromatic rings. The molecule has 25 heavy (non-hydrogen) atoms. The quantitative estimate of drug-likeness (QED) is 0.666. The molecule has 1 saturated heterocycles. The Balaban J connectivity index is 1.60. The van der Waals surface area contributed by atoms with Gasteiger partial charge in [-0.05, 0) is 59.8 Å². The van der Waals surface area contributed by atoms with Crippen LogP contribution in [0.4, 0.5) is 5.69 Å². The van der Waals surface area contributed by atoms with Crippen LogP contribution in [0.1, 0.15) is 11.5 Å². The van der Waals surface area contributed by atoms with Crippen LogP contribution in [0, 0.1) is 6.92 Å². The van der Waals surface area contributed by atoms with Gasteiger partial charge in [0.25, 0.3) is 5.91 Å². The van der Waals surface area contributed by atoms with E-state index in [1.165, 1.54) is 11.8 Å². The number of thioether (sulfide) groups is 1. The van der Waals surface area contributed by atoms with Crippen LogP contribution in [0.5, 0.6) is 0 Å². The van der Waals surface area contributed by atoms with Gasteiger partial charge < -0.3 is 9.73 Å². The number of amidine groups is 1. The minimum atomic E-state index is -0.174. The van der Waals surface area contributed by atoms with Crippen LogP contribution in [0.2, 0.25) is 5.02 Å². The number of nitrogens with zero attached hydrogens (tertiary/aromatic N) is 2. The minimum absolute atomic E-state index is 0.174. The number of oxazole rings is 1. The number of hydrogen-bond acceptors (Lipinski definition) is 5. The number of carbonyl (C=O) groups excluding carboxylic acids is 1. The highest BCUT2D eigenvalue weighted by Gasteiger charge is 2.23. The van der Waals surface area contributed by atoms with E-state index in [9.17, 15) is 4.79 Å². The van der Waals surface area contributed by atoms with E-state index >= 15 is 0 Å². The van der Waals surface area contributed by atoms with Crippen molar-refractivity contribution in [3.63, 3.8) is 0 Å². The van der Waals surface area contributed by atoms with Crippen LogP contribution in [-0.2, 0) is 4.79 Å². The van der Waals surface area contributed by atoms with Crippen molar-refractivity contribution in [1.82, 2.24) is 10.3 Å². The topological polar surface area (TPSA) is 67.5 Å². The molecule has 1 fully saturated rings. The molecule has 2 heterocycles. The van der Waals surface area contributed by atoms with Gasteiger partial charge in [-0.1, -0.05) is 17.7 Å². The predicted molar refractivity (Wildman–Crippen MR) is 101 cm³/mol. The van der Waals surface area contributed by atoms with Gasteiger partial charge in [0.2, 0.25) is 0 Å². The first-order valence-corrected chi connectivity index (χ1v) is 8.69. The van der Waals surface area contributed by atoms with Crippen molar-refractivity contribution in [2.24, 2.45) is 4.99 Å². The maximum Gasteiger partial charge on any atom is 0.264 e. The van der Waals surface area contributed by atoms with Gasteiger partial charge in [0.15, 0.2) is 16.6 Å². The Morgan fingerprint density at radius 3 is 2.84 bits per heavy atom. The second-order valence-electron chi connectivity index (χ2n) is 5.42. The summed E-state index contributed by atoms with van der Waals surface area (Å²) in [5, 5.41) is 3.95. The summed E-state index contributed by atoms with van der Waals surface area (Å²) in [5.74, 6) is 0.441. The van der Waals surface area contributed by atoms with Crippen molar-refractivity contribution in [3.8, 4) is 0 Å². The maximum absolute atomic E-state index is 12.2. The smallest absolute Gasteiger partial charge is 0.264 e. The third-order valence-corrected chi connectivity index (χ3v) is 4.69. The molecule has 1 aliphatic heterocycles. The molecule has 0 aliphatic carbocycles. The lowest BCUT2D eigenvalue weighted by atomic mass is 10.2. The second kappa shape index (κ2) is 6.38. The predicted octanol–water partition coefficient (Wildman–Crippen LogP) is 4.68. The lowest BCUT2D eigenvalue weighted by Gasteiger charge is -1.96. The standard InChI is InChI=1S/C18H12ClN3O2S/c1-10-20-14-7-2-11(8-15(14)24-10)9-16-17(23)22-18(25-16)21-13-5-3-12(19)4-6-13/h2-9H,1H3,(H,21,22,23)/b16-9-. The van der Waals surface area contributed by atoms with Crippen LogP contribution < -0.4 is 5.32 Å². The maximum atomic E-state index is 12.2. The molecule has 1 aliphatic rings. The van der Waals surface area contributed by atoms with Crippen molar-refractivity contribution < 1.29 is 9.21 Å². The first kappa shape index (κ1) is 15.9. The van der Waals surface area contributed by atoms with E-state index in [1.54, 1.807) is 31.2 Å². The molecule has 0 radical (unpaired) electrons. The Bertz CT molecular complexity index is 1040. The number of fused-ring (bicyclic) bond motifs is 1. The van der Waals surface area contributed by atoms with Gasteiger partial charge in [-0.25, -0.2) is 9.98 Å². The zero-order valence-corrected chi connectivity index (χ0v) is 14.7. The number of aryl methyl sites for hydroxylation is 1. The second-order valence-corrected chi connectivity index (χ2v) is 6.89. The molecule has 0 bridgehead atoms. The summed E-state index contributed by atoms with van der Waals surface area (Å²) in [4.78, 5) is 21.4. The highest BCUT2D eigenvalue weighted by atomic mass is 35.5. The van der Waals surface area contributed by atoms with E-state index in [-0.39, 0.29) is 5.91 Å². The zero-order chi connectivity index (χ0) is 17.4. The van der Waals surface area contributed by atoms with Gasteiger partial charge in [0, 0.05) is 11.9 Å². The zero-order valence-electron chi connectivity index (χ0n) is 13.1. The lowest BCUT2D eigenvalue weighted by molar-refractivity contribution is -0.115. The molecule has 0 saturated carbocycles. The molecule has 5 nitrogen and oxygen atoms in total. The summed E-state index contributed by atoms with van der Waals surface area (Å²) >= 11 is 7.16. The van der Waals surface area contributed by atoms with E-state index < -0.39 is 0 Å². The Hall–Kier alpha value is -2.57. The average Bonchev–Trinajstić information content (AvgIpc) is 3.11. The lowest BCUT2D eigenvalue weighted by Crippen LogP contribution is -2.19. The molecule has 124 valence electrons. The van der Waals surface area contributed by atoms with Crippen LogP contribution in [-0.4, -0.2) is 16.1 Å². The van der Waals surface area contributed by atoms with Crippen molar-refractivity contribution in [2.75, 3.05) is 0 Å². The van der Waals surface area contributed by atoms with Crippen molar-refractivity contribution in [3.05, 3.63) is 63.8 Å². The SMILES string of the molecule is Cc1nc2ccc(/C=C3\SC(=Nc4ccc(Cl)cc4)NC3=O)cc2o1. The summed E-state index contributed by atoms with van der Waals surface area (Å²) in [7, 11) is 0. The monoisotopic (exact) mass is 369 g/mol. The molecule has 1 aromatic heterocycles. The first-order chi connectivity index (χ1) is 12.1. The molecular formula is C18H12ClN3O2S. The third kappa shape index (κ3) is 3.45. The van der Waals surface area contributed by atoms with Crippen LogP contribution in [0.3, 0.4) is 0 Å². The number of rotatable bonds is 2. The Kier molecular flexibility index (Phi) is 4.07. The summed E-state index contributed by atoms with van der Waals surface area (Å²) in [6.45, 7) is 1.80. The van der Waals surface area contributed by atoms with Crippen LogP contribution in [0.15, 0.2) is 56.8 Å². The number of hydrogen-bond donors (Lipinski definition) is 1. The Morgan fingerprint density at radius 2 is 2.04 bits per heavy atom. The highest BCUT2D eigenvalue weighted by Crippen LogP contribution is 2.29. The fourth-order valence-corrected chi connectivity index (χ4v) is 3.38. The number of aliphatic imine (C=N–C) groups is 1. The van der Waals surface area contributed by atoms with Gasteiger partial charge in [0.05, 0.1) is 10.6 Å². The van der Waals surface area contributed by atoms with E-state index in [0.717, 1.165) is 16.8 Å². The molecule has 0 atom stereocenters. The van der Waals surface area contributed by atoms with Crippen molar-refractivity contribution in [2.45, 2.75) is 6.92 Å². The fourth-order valence-electron chi connectivity index (χ4n) is 2.41. The minimum Gasteiger partial charge on any atom is -0.441 e. The molecule has 1 amide bonds. The largest absolute Gasteiger partial charge is 0.441 e. The molecule has 0 spiro atoms. The summed E-state index contributed by atoms with van der Waals surface area (Å²) in [6, 6.07) is 12.7. The van der Waals surface area contributed by atoms with E-state index in [4.69, 9.17) is 16.0 Å². The summed E-state index contributed by atoms with van der Waals surface area (Å²) in [6.07, 6.45) is 1.81. The first-order valence-electron chi connectivity index (χ1n) is 7.49. The van der Waals surface area contributed by atoms with Crippen molar-refractivity contribution >= 4 is 57.3 Å². The van der Waals surface area contributed by atoms with E-state index in [2.05, 4.69) is 15.3 Å². The van der Waals surface area contributed by atoms with Crippen LogP contribution >= 0.6 is 23.4 Å². The molecule has 4 rings (SSSR count). The highest BCUT2D eigenvalue weighted by molar-refractivity contribution is 8.18. The normalized spacial score (nSPS) is 17.6. The van der Waals surface area contributed by atoms with Crippen LogP contribution in [0.25, 0.3) is 17.2 Å². The van der Waals surface area contributed by atoms with Gasteiger partial charge in [-0.3, -0.25) is 4.79 Å². The van der Waals surface area contributed by atoms with Gasteiger partial charge >= 0.3 is 0 Å². The van der Waals surface area contributed by atoms with E-state index in [1.807, 2.05) is 24.3 Å². The summed E-state index contributed by atoms with van der Waals surface area (Å²) < 4.78 is 5.53. The van der Waals surface area contributed by atoms with Gasteiger partial charge in [-0.15, -0.1) is 0 Å². The summed E-state index contributed by atoms with van der Waals surface area (Å²) in [5.41, 5.74) is 3.10. The molecular weight excluding hydrogens is 358 g/mol. The molecule has 0 unspecified atom stereocenters. The number of nitrogens with one attached hydrogen (secondary N) is 1. The van der Waals surface area contributed by atoms with Crippen molar-refractivity contribution in [1.29, 1.82) is 0 Å². The number of carbonyl (C=O) groups is 1. The molecule has 1 N–H and O–H groups in total. The number of benzene rings is 2. The Labute approximate surface area is 152 Å². The van der Waals surface area contributed by atoms with Gasteiger partial charge in [-0.2, -0.15) is 0 Å². The number of halogens is 1.